The molecule has 0 spiro atoms. The third-order valence-corrected chi connectivity index (χ3v) is 8.29. The van der Waals surface area contributed by atoms with E-state index in [1.54, 1.807) is 0 Å². The maximum Gasteiger partial charge on any atom is 0.120 e. The topological polar surface area (TPSA) is 80.4 Å². The zero-order valence-electron chi connectivity index (χ0n) is 32.0. The maximum atomic E-state index is 6.01. The number of rotatable bonds is 20. The molecule has 286 valence electrons. The molecule has 2 heterocycles. The molecule has 2 aliphatic heterocycles. The van der Waals surface area contributed by atoms with E-state index in [4.69, 9.17) is 37.9 Å². The van der Waals surface area contributed by atoms with Crippen molar-refractivity contribution in [3.63, 3.8) is 0 Å². The SMILES string of the molecule is CC.CC.c1cc(OCc2ccc(COc3ccc(OCc4ccc(COc5ccc(COCC6CO6)cc5)cc4)cc3)cc2)ccc1COCC1CO1. The average Bonchev–Trinajstić information content (AvgIpc) is 4.19. The van der Waals surface area contributed by atoms with Crippen molar-refractivity contribution in [2.24, 2.45) is 0 Å². The van der Waals surface area contributed by atoms with Crippen molar-refractivity contribution >= 4 is 0 Å². The molecular formula is C46H54O8. The minimum absolute atomic E-state index is 0.284. The first kappa shape index (κ1) is 40.3. The molecule has 5 aromatic carbocycles. The maximum absolute atomic E-state index is 6.01. The summed E-state index contributed by atoms with van der Waals surface area (Å²) < 4.78 is 45.6. The Morgan fingerprint density at radius 2 is 0.556 bits per heavy atom. The van der Waals surface area contributed by atoms with Crippen molar-refractivity contribution in [1.82, 2.24) is 0 Å². The second-order valence-electron chi connectivity index (χ2n) is 12.5. The van der Waals surface area contributed by atoms with Gasteiger partial charge in [-0.25, -0.2) is 0 Å². The minimum atomic E-state index is 0.284. The van der Waals surface area contributed by atoms with Gasteiger partial charge in [-0.05, 0) is 81.9 Å². The summed E-state index contributed by atoms with van der Waals surface area (Å²) in [5.74, 6) is 3.24. The van der Waals surface area contributed by atoms with E-state index in [1.165, 1.54) is 0 Å². The number of ether oxygens (including phenoxy) is 8. The molecule has 7 rings (SSSR count). The predicted octanol–water partition coefficient (Wildman–Crippen LogP) is 9.89. The molecular weight excluding hydrogens is 680 g/mol. The van der Waals surface area contributed by atoms with Crippen LogP contribution in [0.25, 0.3) is 0 Å². The van der Waals surface area contributed by atoms with E-state index in [1.807, 2.05) is 100 Å². The number of epoxide rings is 2. The van der Waals surface area contributed by atoms with E-state index >= 15 is 0 Å². The number of hydrogen-bond donors (Lipinski definition) is 0. The summed E-state index contributed by atoms with van der Waals surface area (Å²) in [5.41, 5.74) is 6.60. The van der Waals surface area contributed by atoms with Gasteiger partial charge in [-0.2, -0.15) is 0 Å². The first-order valence-corrected chi connectivity index (χ1v) is 19.0. The van der Waals surface area contributed by atoms with Crippen LogP contribution in [-0.2, 0) is 58.6 Å². The van der Waals surface area contributed by atoms with E-state index in [2.05, 4.69) is 48.5 Å². The molecule has 2 saturated heterocycles. The zero-order chi connectivity index (χ0) is 37.8. The molecule has 0 radical (unpaired) electrons. The molecule has 0 aromatic heterocycles. The molecule has 2 atom stereocenters. The standard InChI is InChI=1S/C42H42O8.2C2H6/c1-5-35(6-2-33(1)23-45-37-13-9-31(10-14-37)21-43-27-41-29-49-41)25-47-39-17-19-40(20-18-39)48-26-36-7-3-34(4-8-36)24-46-38-15-11-32(12-16-38)22-44-28-42-30-50-42;2*1-2/h1-20,41-42H,21-30H2;2*1-2H3. The van der Waals surface area contributed by atoms with E-state index in [-0.39, 0.29) is 12.2 Å². The average molecular weight is 735 g/mol. The summed E-state index contributed by atoms with van der Waals surface area (Å²) in [4.78, 5) is 0. The van der Waals surface area contributed by atoms with Crippen LogP contribution in [0, 0.1) is 0 Å². The molecule has 0 saturated carbocycles. The molecule has 8 nitrogen and oxygen atoms in total. The van der Waals surface area contributed by atoms with Crippen molar-refractivity contribution in [2.45, 2.75) is 79.5 Å². The Kier molecular flexibility index (Phi) is 16.7. The minimum Gasteiger partial charge on any atom is -0.489 e. The van der Waals surface area contributed by atoms with E-state index in [9.17, 15) is 0 Å². The van der Waals surface area contributed by atoms with Crippen molar-refractivity contribution in [1.29, 1.82) is 0 Å². The summed E-state index contributed by atoms with van der Waals surface area (Å²) in [6.45, 7) is 14.1. The van der Waals surface area contributed by atoms with Crippen LogP contribution in [0.5, 0.6) is 23.0 Å². The molecule has 0 bridgehead atoms. The van der Waals surface area contributed by atoms with Crippen LogP contribution >= 0.6 is 0 Å². The molecule has 2 fully saturated rings. The fraction of sp³-hybridized carbons (Fsp3) is 0.348. The Balaban J connectivity index is 0.00000136. The van der Waals surface area contributed by atoms with Gasteiger partial charge in [0.15, 0.2) is 0 Å². The largest absolute Gasteiger partial charge is 0.489 e. The Labute approximate surface area is 320 Å². The van der Waals surface area contributed by atoms with Gasteiger partial charge < -0.3 is 37.9 Å². The van der Waals surface area contributed by atoms with Crippen LogP contribution in [0.3, 0.4) is 0 Å². The lowest BCUT2D eigenvalue weighted by atomic mass is 10.1. The predicted molar refractivity (Wildman–Crippen MR) is 211 cm³/mol. The van der Waals surface area contributed by atoms with Crippen molar-refractivity contribution in [3.8, 4) is 23.0 Å². The fourth-order valence-corrected chi connectivity index (χ4v) is 5.07. The van der Waals surface area contributed by atoms with Crippen LogP contribution in [0.1, 0.15) is 61.1 Å². The summed E-state index contributed by atoms with van der Waals surface area (Å²) in [6.07, 6.45) is 0.568. The molecule has 0 amide bonds. The molecule has 5 aromatic rings. The fourth-order valence-electron chi connectivity index (χ4n) is 5.07. The Bertz CT molecular complexity index is 1600. The van der Waals surface area contributed by atoms with Gasteiger partial charge in [-0.1, -0.05) is 100 Å². The second kappa shape index (κ2) is 22.4. The van der Waals surface area contributed by atoms with Crippen molar-refractivity contribution in [2.75, 3.05) is 26.4 Å². The van der Waals surface area contributed by atoms with Crippen LogP contribution in [0.2, 0.25) is 0 Å². The summed E-state index contributed by atoms with van der Waals surface area (Å²) in [7, 11) is 0. The monoisotopic (exact) mass is 734 g/mol. The molecule has 2 unspecified atom stereocenters. The van der Waals surface area contributed by atoms with Gasteiger partial charge >= 0.3 is 0 Å². The number of benzene rings is 5. The molecule has 8 heteroatoms. The smallest absolute Gasteiger partial charge is 0.120 e. The highest BCUT2D eigenvalue weighted by molar-refractivity contribution is 5.33. The lowest BCUT2D eigenvalue weighted by Crippen LogP contribution is -2.01. The van der Waals surface area contributed by atoms with Crippen LogP contribution in [-0.4, -0.2) is 38.6 Å². The first-order chi connectivity index (χ1) is 26.7. The van der Waals surface area contributed by atoms with Gasteiger partial charge in [0, 0.05) is 0 Å². The quantitative estimate of drug-likeness (QED) is 0.0732. The molecule has 54 heavy (non-hydrogen) atoms. The highest BCUT2D eigenvalue weighted by Crippen LogP contribution is 2.22. The normalized spacial score (nSPS) is 15.1. The summed E-state index contributed by atoms with van der Waals surface area (Å²) in [5, 5.41) is 0. The van der Waals surface area contributed by atoms with E-state index in [0.29, 0.717) is 52.9 Å². The zero-order valence-corrected chi connectivity index (χ0v) is 32.0. The van der Waals surface area contributed by atoms with Crippen molar-refractivity contribution in [3.05, 3.63) is 155 Å². The summed E-state index contributed by atoms with van der Waals surface area (Å²) in [6, 6.07) is 40.3. The van der Waals surface area contributed by atoms with Gasteiger partial charge in [0.2, 0.25) is 0 Å². The molecule has 0 N–H and O–H groups in total. The van der Waals surface area contributed by atoms with Gasteiger partial charge in [0.25, 0.3) is 0 Å². The highest BCUT2D eigenvalue weighted by atomic mass is 16.6. The lowest BCUT2D eigenvalue weighted by molar-refractivity contribution is 0.104. The van der Waals surface area contributed by atoms with E-state index in [0.717, 1.165) is 69.6 Å². The van der Waals surface area contributed by atoms with Gasteiger partial charge in [-0.15, -0.1) is 0 Å². The van der Waals surface area contributed by atoms with Crippen LogP contribution in [0.4, 0.5) is 0 Å². The third kappa shape index (κ3) is 14.5. The van der Waals surface area contributed by atoms with Gasteiger partial charge in [0.1, 0.15) is 61.6 Å². The third-order valence-electron chi connectivity index (χ3n) is 8.29. The lowest BCUT2D eigenvalue weighted by Gasteiger charge is -2.11. The second-order valence-corrected chi connectivity index (χ2v) is 12.5. The van der Waals surface area contributed by atoms with Gasteiger partial charge in [0.05, 0.1) is 39.6 Å². The highest BCUT2D eigenvalue weighted by Gasteiger charge is 2.22. The van der Waals surface area contributed by atoms with Gasteiger partial charge in [-0.3, -0.25) is 0 Å². The molecule has 0 aliphatic carbocycles. The Hall–Kier alpha value is -4.86. The summed E-state index contributed by atoms with van der Waals surface area (Å²) >= 11 is 0. The Morgan fingerprint density at radius 1 is 0.352 bits per heavy atom. The van der Waals surface area contributed by atoms with Crippen LogP contribution in [0.15, 0.2) is 121 Å². The molecule has 2 aliphatic rings. The number of hydrogen-bond acceptors (Lipinski definition) is 8. The first-order valence-electron chi connectivity index (χ1n) is 19.0. The van der Waals surface area contributed by atoms with E-state index < -0.39 is 0 Å². The Morgan fingerprint density at radius 3 is 0.796 bits per heavy atom. The van der Waals surface area contributed by atoms with Crippen molar-refractivity contribution < 1.29 is 37.9 Å². The van der Waals surface area contributed by atoms with Crippen LogP contribution < -0.4 is 18.9 Å².